The Bertz CT molecular complexity index is 138. The minimum atomic E-state index is 0.822. The second-order valence-corrected chi connectivity index (χ2v) is 1.41. The fourth-order valence-electron chi connectivity index (χ4n) is 0.453. The predicted molar refractivity (Wildman–Crippen MR) is 75.0 cm³/mol. The Labute approximate surface area is 96.7 Å². The van der Waals surface area contributed by atoms with Crippen molar-refractivity contribution in [1.82, 2.24) is 0 Å². The van der Waals surface area contributed by atoms with E-state index in [4.69, 9.17) is 5.73 Å². The number of para-hydroxylation sites is 1. The lowest BCUT2D eigenvalue weighted by Crippen LogP contribution is -1.79. The normalized spacial score (nSPS) is 5.60. The van der Waals surface area contributed by atoms with Crippen molar-refractivity contribution in [3.63, 3.8) is 0 Å². The first-order valence-electron chi connectivity index (χ1n) is 5.78. The Morgan fingerprint density at radius 2 is 0.933 bits per heavy atom. The van der Waals surface area contributed by atoms with Crippen molar-refractivity contribution >= 4 is 5.69 Å². The van der Waals surface area contributed by atoms with Gasteiger partial charge in [-0.2, -0.15) is 0 Å². The predicted octanol–water partition coefficient (Wildman–Crippen LogP) is 3.92. The molecule has 1 rings (SSSR count). The first-order valence-corrected chi connectivity index (χ1v) is 5.78. The first kappa shape index (κ1) is 23.6. The zero-order chi connectivity index (χ0) is 13.1. The molecular formula is C13H30N2. The van der Waals surface area contributed by atoms with E-state index in [1.807, 2.05) is 71.9 Å². The second-order valence-electron chi connectivity index (χ2n) is 1.41. The number of anilines is 1. The average molecular weight is 214 g/mol. The number of hydrogen-bond donors (Lipinski definition) is 2. The van der Waals surface area contributed by atoms with Crippen LogP contribution in [0.3, 0.4) is 0 Å². The Morgan fingerprint density at radius 1 is 0.667 bits per heavy atom. The van der Waals surface area contributed by atoms with Gasteiger partial charge in [-0.05, 0) is 19.2 Å². The molecule has 0 aromatic heterocycles. The number of benzene rings is 1. The molecule has 1 aromatic rings. The summed E-state index contributed by atoms with van der Waals surface area (Å²) in [6, 6.07) is 9.49. The zero-order valence-corrected chi connectivity index (χ0v) is 11.5. The summed E-state index contributed by atoms with van der Waals surface area (Å²) in [6.07, 6.45) is 0. The third-order valence-electron chi connectivity index (χ3n) is 0.800. The van der Waals surface area contributed by atoms with Crippen LogP contribution in [0.2, 0.25) is 0 Å². The summed E-state index contributed by atoms with van der Waals surface area (Å²) in [6.45, 7) is 12.0. The van der Waals surface area contributed by atoms with Crippen LogP contribution in [0.5, 0.6) is 0 Å². The third-order valence-corrected chi connectivity index (χ3v) is 0.800. The lowest BCUT2D eigenvalue weighted by molar-refractivity contribution is 1.48. The molecule has 0 saturated carbocycles. The summed E-state index contributed by atoms with van der Waals surface area (Å²) < 4.78 is 0. The van der Waals surface area contributed by atoms with Crippen molar-refractivity contribution in [2.24, 2.45) is 5.73 Å². The van der Waals surface area contributed by atoms with Gasteiger partial charge in [0.05, 0.1) is 0 Å². The van der Waals surface area contributed by atoms with Crippen molar-refractivity contribution in [3.05, 3.63) is 30.3 Å². The van der Waals surface area contributed by atoms with Crippen LogP contribution in [0.25, 0.3) is 0 Å². The highest BCUT2D eigenvalue weighted by atomic mass is 14.5. The smallest absolute Gasteiger partial charge is 0.0313 e. The third kappa shape index (κ3) is 32.1. The van der Waals surface area contributed by atoms with E-state index < -0.39 is 0 Å². The molecule has 0 unspecified atom stereocenters. The number of hydrogen-bond acceptors (Lipinski definition) is 2. The van der Waals surface area contributed by atoms with Gasteiger partial charge in [-0.15, -0.1) is 0 Å². The summed E-state index contributed by atoms with van der Waals surface area (Å²) in [5.74, 6) is 0. The molecule has 2 heteroatoms. The molecule has 0 aliphatic rings. The molecule has 0 spiro atoms. The summed E-state index contributed by atoms with van der Waals surface area (Å²) in [5, 5.41) is 0. The molecule has 15 heavy (non-hydrogen) atoms. The largest absolute Gasteiger partial charge is 0.399 e. The summed E-state index contributed by atoms with van der Waals surface area (Å²) in [4.78, 5) is 0. The van der Waals surface area contributed by atoms with E-state index in [1.165, 1.54) is 7.05 Å². The molecule has 4 N–H and O–H groups in total. The molecule has 0 amide bonds. The quantitative estimate of drug-likeness (QED) is 0.643. The van der Waals surface area contributed by atoms with E-state index in [1.54, 1.807) is 0 Å². The van der Waals surface area contributed by atoms with Gasteiger partial charge in [-0.1, -0.05) is 59.7 Å². The highest BCUT2D eigenvalue weighted by Crippen LogP contribution is 1.95. The van der Waals surface area contributed by atoms with Gasteiger partial charge in [-0.3, -0.25) is 0 Å². The van der Waals surface area contributed by atoms with Crippen LogP contribution in [-0.4, -0.2) is 7.05 Å². The molecule has 0 aliphatic carbocycles. The summed E-state index contributed by atoms with van der Waals surface area (Å²) >= 11 is 0. The fourth-order valence-corrected chi connectivity index (χ4v) is 0.453. The lowest BCUT2D eigenvalue weighted by atomic mass is 10.3. The van der Waals surface area contributed by atoms with Crippen LogP contribution in [0, 0.1) is 0 Å². The molecule has 0 bridgehead atoms. The van der Waals surface area contributed by atoms with Crippen molar-refractivity contribution in [1.29, 1.82) is 0 Å². The summed E-state index contributed by atoms with van der Waals surface area (Å²) in [5.41, 5.74) is 10.7. The van der Waals surface area contributed by atoms with Gasteiger partial charge in [-0.25, -0.2) is 0 Å². The van der Waals surface area contributed by atoms with E-state index in [-0.39, 0.29) is 0 Å². The van der Waals surface area contributed by atoms with Gasteiger partial charge < -0.3 is 11.5 Å². The van der Waals surface area contributed by atoms with Crippen LogP contribution >= 0.6 is 0 Å². The van der Waals surface area contributed by atoms with Crippen LogP contribution in [0.15, 0.2) is 30.3 Å². The Kier molecular flexibility index (Phi) is 60.3. The molecule has 0 radical (unpaired) electrons. The van der Waals surface area contributed by atoms with Crippen molar-refractivity contribution in [2.45, 2.75) is 41.5 Å². The minimum absolute atomic E-state index is 0.822. The van der Waals surface area contributed by atoms with Gasteiger partial charge in [0.1, 0.15) is 0 Å². The fraction of sp³-hybridized carbons (Fsp3) is 0.538. The minimum Gasteiger partial charge on any atom is -0.399 e. The van der Waals surface area contributed by atoms with E-state index >= 15 is 0 Å². The van der Waals surface area contributed by atoms with Crippen LogP contribution in [0.1, 0.15) is 41.5 Å². The molecule has 0 heterocycles. The highest BCUT2D eigenvalue weighted by molar-refractivity contribution is 5.35. The monoisotopic (exact) mass is 214 g/mol. The van der Waals surface area contributed by atoms with E-state index in [0.29, 0.717) is 0 Å². The molecule has 0 atom stereocenters. The van der Waals surface area contributed by atoms with Crippen molar-refractivity contribution in [2.75, 3.05) is 12.8 Å². The van der Waals surface area contributed by atoms with Crippen LogP contribution in [-0.2, 0) is 0 Å². The number of nitrogen functional groups attached to an aromatic ring is 1. The topological polar surface area (TPSA) is 52.0 Å². The highest BCUT2D eigenvalue weighted by Gasteiger charge is 1.72. The average Bonchev–Trinajstić information content (AvgIpc) is 2.40. The Morgan fingerprint density at radius 3 is 1.07 bits per heavy atom. The SMILES string of the molecule is CC.CC.CC.CN.Nc1ccccc1. The lowest BCUT2D eigenvalue weighted by Gasteiger charge is -1.83. The molecular weight excluding hydrogens is 184 g/mol. The molecule has 0 fully saturated rings. The van der Waals surface area contributed by atoms with E-state index in [2.05, 4.69) is 5.73 Å². The zero-order valence-electron chi connectivity index (χ0n) is 11.5. The van der Waals surface area contributed by atoms with E-state index in [9.17, 15) is 0 Å². The molecule has 2 nitrogen and oxygen atoms in total. The Balaban J connectivity index is -0.0000000650. The number of rotatable bonds is 0. The van der Waals surface area contributed by atoms with Crippen LogP contribution < -0.4 is 11.5 Å². The maximum atomic E-state index is 5.36. The first-order chi connectivity index (χ1) is 7.39. The van der Waals surface area contributed by atoms with Gasteiger partial charge in [0.15, 0.2) is 0 Å². The van der Waals surface area contributed by atoms with Gasteiger partial charge in [0.25, 0.3) is 0 Å². The van der Waals surface area contributed by atoms with Gasteiger partial charge in [0.2, 0.25) is 0 Å². The van der Waals surface area contributed by atoms with Crippen molar-refractivity contribution < 1.29 is 0 Å². The summed E-state index contributed by atoms with van der Waals surface area (Å²) in [7, 11) is 1.50. The van der Waals surface area contributed by atoms with Crippen molar-refractivity contribution in [3.8, 4) is 0 Å². The maximum Gasteiger partial charge on any atom is 0.0313 e. The maximum absolute atomic E-state index is 5.36. The molecule has 0 saturated heterocycles. The molecule has 0 aliphatic heterocycles. The van der Waals surface area contributed by atoms with Gasteiger partial charge >= 0.3 is 0 Å². The van der Waals surface area contributed by atoms with E-state index in [0.717, 1.165) is 5.69 Å². The number of nitrogens with two attached hydrogens (primary N) is 2. The van der Waals surface area contributed by atoms with Gasteiger partial charge in [0, 0.05) is 5.69 Å². The standard InChI is InChI=1S/C6H7N.3C2H6.CH5N/c7-6-4-2-1-3-5-6;4*1-2/h1-5H,7H2;3*1-2H3;2H2,1H3. The van der Waals surface area contributed by atoms with Crippen LogP contribution in [0.4, 0.5) is 5.69 Å². The molecule has 1 aromatic carbocycles. The second kappa shape index (κ2) is 38.2. The Hall–Kier alpha value is -1.02. The molecule has 92 valence electrons.